The highest BCUT2D eigenvalue weighted by molar-refractivity contribution is 6.00. The van der Waals surface area contributed by atoms with Gasteiger partial charge in [-0.25, -0.2) is 0 Å². The highest BCUT2D eigenvalue weighted by atomic mass is 16.3. The number of nitrogens with zero attached hydrogens (tertiary/aromatic N) is 2. The minimum atomic E-state index is -0.607. The largest absolute Gasteiger partial charge is 0.494 e. The highest BCUT2D eigenvalue weighted by Gasteiger charge is 2.30. The predicted octanol–water partition coefficient (Wildman–Crippen LogP) is 2.31. The van der Waals surface area contributed by atoms with E-state index in [9.17, 15) is 19.5 Å². The number of carbonyl (C=O) groups excluding carboxylic acids is 3. The lowest BCUT2D eigenvalue weighted by molar-refractivity contribution is -0.135. The lowest BCUT2D eigenvalue weighted by Gasteiger charge is -2.32. The molecule has 2 aliphatic rings. The summed E-state index contributed by atoms with van der Waals surface area (Å²) < 4.78 is 1.53. The first kappa shape index (κ1) is 22.3. The van der Waals surface area contributed by atoms with Gasteiger partial charge in [0.1, 0.15) is 6.04 Å². The molecule has 0 bridgehead atoms. The van der Waals surface area contributed by atoms with Crippen LogP contribution in [0.2, 0.25) is 0 Å². The summed E-state index contributed by atoms with van der Waals surface area (Å²) in [6.07, 6.45) is 4.12. The van der Waals surface area contributed by atoms with Crippen molar-refractivity contribution >= 4 is 28.5 Å². The van der Waals surface area contributed by atoms with E-state index in [1.54, 1.807) is 12.3 Å². The van der Waals surface area contributed by atoms with Gasteiger partial charge in [0.2, 0.25) is 17.7 Å². The fourth-order valence-corrected chi connectivity index (χ4v) is 4.80. The number of fused-ring (bicyclic) bond motifs is 1. The predicted molar refractivity (Wildman–Crippen MR) is 121 cm³/mol. The first-order valence-corrected chi connectivity index (χ1v) is 11.5. The summed E-state index contributed by atoms with van der Waals surface area (Å²) in [6, 6.07) is 4.99. The van der Waals surface area contributed by atoms with Gasteiger partial charge in [-0.1, -0.05) is 19.9 Å². The van der Waals surface area contributed by atoms with Crippen molar-refractivity contribution in [3.63, 3.8) is 0 Å². The van der Waals surface area contributed by atoms with Crippen LogP contribution >= 0.6 is 0 Å². The molecular formula is C24H32N4O4. The first-order valence-electron chi connectivity index (χ1n) is 11.5. The van der Waals surface area contributed by atoms with Crippen LogP contribution in [0.4, 0.5) is 0 Å². The zero-order valence-electron chi connectivity index (χ0n) is 18.8. The molecule has 1 aromatic heterocycles. The van der Waals surface area contributed by atoms with Crippen molar-refractivity contribution in [3.05, 3.63) is 30.0 Å². The Morgan fingerprint density at radius 1 is 1.22 bits per heavy atom. The first-order chi connectivity index (χ1) is 15.3. The summed E-state index contributed by atoms with van der Waals surface area (Å²) >= 11 is 0. The van der Waals surface area contributed by atoms with Gasteiger partial charge in [0.05, 0.1) is 0 Å². The van der Waals surface area contributed by atoms with Gasteiger partial charge in [-0.15, -0.1) is 0 Å². The van der Waals surface area contributed by atoms with E-state index in [0.717, 1.165) is 43.4 Å². The maximum atomic E-state index is 12.6. The van der Waals surface area contributed by atoms with Gasteiger partial charge in [-0.05, 0) is 56.0 Å². The monoisotopic (exact) mass is 440 g/mol. The maximum Gasteiger partial charge on any atom is 0.249 e. The quantitative estimate of drug-likeness (QED) is 0.598. The van der Waals surface area contributed by atoms with Crippen LogP contribution in [-0.2, 0) is 20.9 Å². The topological polar surface area (TPSA) is 104 Å². The minimum Gasteiger partial charge on any atom is -0.494 e. The van der Waals surface area contributed by atoms with E-state index in [-0.39, 0.29) is 30.0 Å². The zero-order chi connectivity index (χ0) is 22.8. The Hall–Kier alpha value is -2.87. The van der Waals surface area contributed by atoms with Crippen LogP contribution in [0, 0.1) is 11.8 Å². The van der Waals surface area contributed by atoms with Crippen LogP contribution in [0.25, 0.3) is 10.8 Å². The molecule has 0 saturated carbocycles. The molecule has 2 saturated heterocycles. The molecule has 0 aliphatic carbocycles. The van der Waals surface area contributed by atoms with Gasteiger partial charge in [0, 0.05) is 42.4 Å². The lowest BCUT2D eigenvalue weighted by Crippen LogP contribution is -2.41. The lowest BCUT2D eigenvalue weighted by atomic mass is 9.95. The number of likely N-dealkylation sites (tertiary alicyclic amines) is 1. The molecule has 2 aromatic rings. The molecular weight excluding hydrogens is 408 g/mol. The van der Waals surface area contributed by atoms with E-state index in [2.05, 4.69) is 29.4 Å². The summed E-state index contributed by atoms with van der Waals surface area (Å²) in [5.41, 5.74) is 0.934. The third-order valence-corrected chi connectivity index (χ3v) is 6.47. The van der Waals surface area contributed by atoms with Crippen molar-refractivity contribution in [2.45, 2.75) is 52.1 Å². The molecule has 0 spiro atoms. The van der Waals surface area contributed by atoms with Gasteiger partial charge < -0.3 is 19.9 Å². The number of hydrogen-bond acceptors (Lipinski definition) is 5. The molecule has 3 heterocycles. The van der Waals surface area contributed by atoms with Crippen molar-refractivity contribution in [1.29, 1.82) is 0 Å². The molecule has 2 fully saturated rings. The summed E-state index contributed by atoms with van der Waals surface area (Å²) in [5, 5.41) is 17.4. The smallest absolute Gasteiger partial charge is 0.249 e. The fraction of sp³-hybridized carbons (Fsp3) is 0.542. The van der Waals surface area contributed by atoms with Crippen molar-refractivity contribution in [2.24, 2.45) is 11.8 Å². The molecule has 3 amide bonds. The number of aromatic nitrogens is 1. The second kappa shape index (κ2) is 9.32. The number of rotatable bonds is 6. The maximum absolute atomic E-state index is 12.6. The van der Waals surface area contributed by atoms with Gasteiger partial charge in [0.15, 0.2) is 5.88 Å². The molecule has 3 N–H and O–H groups in total. The Morgan fingerprint density at radius 2 is 1.97 bits per heavy atom. The molecule has 4 rings (SSSR count). The minimum absolute atomic E-state index is 0.0123. The number of benzene rings is 1. The SMILES string of the molecule is CC(C)CN1CCC(C(=O)NCc2ccc3c(O)n(C4CCC(=O)NC4=O)cc3c2)CC1. The molecule has 32 heavy (non-hydrogen) atoms. The van der Waals surface area contributed by atoms with Gasteiger partial charge >= 0.3 is 0 Å². The standard InChI is InChI=1S/C24H32N4O4/c1-15(2)13-27-9-7-17(8-10-27)22(30)25-12-16-3-4-19-18(11-16)14-28(24(19)32)20-5-6-21(29)26-23(20)31/h3-4,11,14-15,17,20,32H,5-10,12-13H2,1-2H3,(H,25,30)(H,26,29,31). The van der Waals surface area contributed by atoms with Crippen molar-refractivity contribution in [3.8, 4) is 5.88 Å². The molecule has 2 aliphatic heterocycles. The van der Waals surface area contributed by atoms with Crippen LogP contribution in [0.1, 0.15) is 51.1 Å². The van der Waals surface area contributed by atoms with Crippen molar-refractivity contribution in [1.82, 2.24) is 20.1 Å². The third-order valence-electron chi connectivity index (χ3n) is 6.47. The Morgan fingerprint density at radius 3 is 2.66 bits per heavy atom. The molecule has 172 valence electrons. The second-order valence-electron chi connectivity index (χ2n) is 9.44. The van der Waals surface area contributed by atoms with Crippen LogP contribution < -0.4 is 10.6 Å². The van der Waals surface area contributed by atoms with Crippen LogP contribution in [-0.4, -0.2) is 51.9 Å². The molecule has 1 atom stereocenters. The van der Waals surface area contributed by atoms with E-state index in [1.807, 2.05) is 12.1 Å². The van der Waals surface area contributed by atoms with Crippen LogP contribution in [0.15, 0.2) is 24.4 Å². The van der Waals surface area contributed by atoms with Crippen LogP contribution in [0.3, 0.4) is 0 Å². The van der Waals surface area contributed by atoms with E-state index in [1.165, 1.54) is 4.57 Å². The summed E-state index contributed by atoms with van der Waals surface area (Å²) in [4.78, 5) is 38.7. The normalized spacial score (nSPS) is 20.7. The van der Waals surface area contributed by atoms with Gasteiger partial charge in [-0.2, -0.15) is 0 Å². The summed E-state index contributed by atoms with van der Waals surface area (Å²) in [5.74, 6) is 0.116. The number of piperidine rings is 2. The number of aromatic hydroxyl groups is 1. The summed E-state index contributed by atoms with van der Waals surface area (Å²) in [7, 11) is 0. The van der Waals surface area contributed by atoms with Gasteiger partial charge in [-0.3, -0.25) is 19.7 Å². The van der Waals surface area contributed by atoms with E-state index >= 15 is 0 Å². The zero-order valence-corrected chi connectivity index (χ0v) is 18.8. The van der Waals surface area contributed by atoms with E-state index < -0.39 is 11.9 Å². The van der Waals surface area contributed by atoms with E-state index in [4.69, 9.17) is 0 Å². The second-order valence-corrected chi connectivity index (χ2v) is 9.44. The third kappa shape index (κ3) is 4.80. The molecule has 8 heteroatoms. The number of imide groups is 1. The summed E-state index contributed by atoms with van der Waals surface area (Å²) in [6.45, 7) is 7.87. The number of carbonyl (C=O) groups is 3. The van der Waals surface area contributed by atoms with Gasteiger partial charge in [0.25, 0.3) is 0 Å². The Bertz CT molecular complexity index is 1020. The molecule has 1 unspecified atom stereocenters. The average molecular weight is 441 g/mol. The van der Waals surface area contributed by atoms with Crippen LogP contribution in [0.5, 0.6) is 5.88 Å². The van der Waals surface area contributed by atoms with Crippen molar-refractivity contribution in [2.75, 3.05) is 19.6 Å². The molecule has 1 aromatic carbocycles. The van der Waals surface area contributed by atoms with E-state index in [0.29, 0.717) is 24.3 Å². The highest BCUT2D eigenvalue weighted by Crippen LogP contribution is 2.33. The molecule has 8 nitrogen and oxygen atoms in total. The number of hydrogen-bond donors (Lipinski definition) is 3. The number of nitrogens with one attached hydrogen (secondary N) is 2. The Kier molecular flexibility index (Phi) is 6.50. The Balaban J connectivity index is 1.38. The molecule has 0 radical (unpaired) electrons. The number of amides is 3. The Labute approximate surface area is 187 Å². The average Bonchev–Trinajstić information content (AvgIpc) is 3.08. The fourth-order valence-electron chi connectivity index (χ4n) is 4.80. The van der Waals surface area contributed by atoms with Crippen molar-refractivity contribution < 1.29 is 19.5 Å².